The highest BCUT2D eigenvalue weighted by Gasteiger charge is 2.30. The maximum absolute atomic E-state index is 12.4. The first-order valence-corrected chi connectivity index (χ1v) is 5.90. The summed E-state index contributed by atoms with van der Waals surface area (Å²) in [6, 6.07) is 8.58. The number of aromatic nitrogens is 1. The number of benzene rings is 1. The third-order valence-corrected chi connectivity index (χ3v) is 2.71. The summed E-state index contributed by atoms with van der Waals surface area (Å²) in [6.45, 7) is 1.63. The van der Waals surface area contributed by atoms with E-state index in [9.17, 15) is 13.2 Å². The van der Waals surface area contributed by atoms with E-state index in [2.05, 4.69) is 10.1 Å². The number of hydrogen-bond donors (Lipinski definition) is 1. The van der Waals surface area contributed by atoms with E-state index in [-0.39, 0.29) is 5.88 Å². The molecule has 0 fully saturated rings. The Balaban J connectivity index is 2.11. The minimum absolute atomic E-state index is 0.0586. The molecular formula is C14H11F3N2O2. The zero-order valence-electron chi connectivity index (χ0n) is 10.9. The van der Waals surface area contributed by atoms with E-state index in [0.29, 0.717) is 23.2 Å². The fourth-order valence-electron chi connectivity index (χ4n) is 1.55. The molecule has 1 N–H and O–H groups in total. The molecule has 0 spiro atoms. The van der Waals surface area contributed by atoms with Crippen LogP contribution in [0.5, 0.6) is 11.6 Å². The van der Waals surface area contributed by atoms with Crippen molar-refractivity contribution in [2.24, 2.45) is 5.16 Å². The molecule has 2 rings (SSSR count). The number of nitrogens with zero attached hydrogens (tertiary/aromatic N) is 2. The molecule has 0 aliphatic heterocycles. The average Bonchev–Trinajstić information content (AvgIpc) is 2.47. The normalized spacial score (nSPS) is 12.3. The number of ether oxygens (including phenoxy) is 1. The molecule has 0 aliphatic rings. The number of alkyl halides is 3. The third-order valence-electron chi connectivity index (χ3n) is 2.71. The Labute approximate surface area is 118 Å². The van der Waals surface area contributed by atoms with Gasteiger partial charge < -0.3 is 9.94 Å². The van der Waals surface area contributed by atoms with Crippen LogP contribution in [-0.4, -0.2) is 15.9 Å². The number of halogens is 3. The van der Waals surface area contributed by atoms with Crippen molar-refractivity contribution >= 4 is 5.71 Å². The zero-order chi connectivity index (χ0) is 15.5. The summed E-state index contributed by atoms with van der Waals surface area (Å²) in [5.74, 6) is 0.472. The predicted molar refractivity (Wildman–Crippen MR) is 69.8 cm³/mol. The van der Waals surface area contributed by atoms with E-state index in [1.807, 2.05) is 0 Å². The van der Waals surface area contributed by atoms with Crippen LogP contribution in [0.2, 0.25) is 0 Å². The van der Waals surface area contributed by atoms with Crippen LogP contribution in [-0.2, 0) is 6.18 Å². The molecule has 0 aliphatic carbocycles. The average molecular weight is 296 g/mol. The second-order valence-electron chi connectivity index (χ2n) is 4.19. The Bertz CT molecular complexity index is 635. The summed E-state index contributed by atoms with van der Waals surface area (Å²) in [4.78, 5) is 3.61. The highest BCUT2D eigenvalue weighted by Crippen LogP contribution is 2.30. The third kappa shape index (κ3) is 3.71. The van der Waals surface area contributed by atoms with Crippen LogP contribution >= 0.6 is 0 Å². The molecule has 0 unspecified atom stereocenters. The van der Waals surface area contributed by atoms with Gasteiger partial charge in [0, 0.05) is 12.3 Å². The molecule has 4 nitrogen and oxygen atoms in total. The van der Waals surface area contributed by atoms with E-state index >= 15 is 0 Å². The molecule has 0 amide bonds. The molecule has 0 saturated carbocycles. The van der Waals surface area contributed by atoms with Gasteiger partial charge in [0.2, 0.25) is 5.88 Å². The second kappa shape index (κ2) is 5.82. The first kappa shape index (κ1) is 14.8. The standard InChI is InChI=1S/C14H11F3N2O2/c1-9(19-20)10-2-5-12(6-3-10)21-13-7-4-11(8-18-13)14(15,16)17/h2-8,20H,1H3/b19-9-. The highest BCUT2D eigenvalue weighted by atomic mass is 19.4. The summed E-state index contributed by atoms with van der Waals surface area (Å²) in [5.41, 5.74) is 0.305. The van der Waals surface area contributed by atoms with Crippen LogP contribution in [0, 0.1) is 0 Å². The van der Waals surface area contributed by atoms with Crippen LogP contribution in [0.1, 0.15) is 18.1 Å². The van der Waals surface area contributed by atoms with Crippen molar-refractivity contribution in [3.05, 3.63) is 53.7 Å². The Morgan fingerprint density at radius 2 is 1.81 bits per heavy atom. The van der Waals surface area contributed by atoms with Gasteiger partial charge in [0.05, 0.1) is 11.3 Å². The number of rotatable bonds is 3. The molecule has 110 valence electrons. The largest absolute Gasteiger partial charge is 0.439 e. The SMILES string of the molecule is C/C(=N/O)c1ccc(Oc2ccc(C(F)(F)F)cn2)cc1. The van der Waals surface area contributed by atoms with Crippen molar-refractivity contribution in [3.63, 3.8) is 0 Å². The first-order chi connectivity index (χ1) is 9.90. The van der Waals surface area contributed by atoms with Gasteiger partial charge in [0.1, 0.15) is 5.75 Å². The molecule has 1 heterocycles. The van der Waals surface area contributed by atoms with Crippen molar-refractivity contribution in [2.45, 2.75) is 13.1 Å². The van der Waals surface area contributed by atoms with Crippen LogP contribution in [0.3, 0.4) is 0 Å². The predicted octanol–water partition coefficient (Wildman–Crippen LogP) is 4.09. The van der Waals surface area contributed by atoms with Crippen LogP contribution in [0.4, 0.5) is 13.2 Å². The van der Waals surface area contributed by atoms with Gasteiger partial charge in [-0.3, -0.25) is 0 Å². The molecule has 2 aromatic rings. The second-order valence-corrected chi connectivity index (χ2v) is 4.19. The summed E-state index contributed by atoms with van der Waals surface area (Å²) < 4.78 is 42.5. The number of oxime groups is 1. The van der Waals surface area contributed by atoms with E-state index in [4.69, 9.17) is 9.94 Å². The molecule has 0 bridgehead atoms. The van der Waals surface area contributed by atoms with Crippen molar-refractivity contribution < 1.29 is 23.1 Å². The van der Waals surface area contributed by atoms with Crippen molar-refractivity contribution in [2.75, 3.05) is 0 Å². The Morgan fingerprint density at radius 3 is 2.29 bits per heavy atom. The van der Waals surface area contributed by atoms with Crippen LogP contribution < -0.4 is 4.74 Å². The van der Waals surface area contributed by atoms with Gasteiger partial charge in [0.15, 0.2) is 0 Å². The maximum Gasteiger partial charge on any atom is 0.417 e. The number of hydrogen-bond acceptors (Lipinski definition) is 4. The minimum atomic E-state index is -4.42. The van der Waals surface area contributed by atoms with E-state index < -0.39 is 11.7 Å². The summed E-state index contributed by atoms with van der Waals surface area (Å²) in [6.07, 6.45) is -3.71. The summed E-state index contributed by atoms with van der Waals surface area (Å²) in [5, 5.41) is 11.7. The fourth-order valence-corrected chi connectivity index (χ4v) is 1.55. The van der Waals surface area contributed by atoms with Crippen molar-refractivity contribution in [1.82, 2.24) is 4.98 Å². The van der Waals surface area contributed by atoms with Gasteiger partial charge in [-0.2, -0.15) is 13.2 Å². The lowest BCUT2D eigenvalue weighted by atomic mass is 10.1. The Hall–Kier alpha value is -2.57. The smallest absolute Gasteiger partial charge is 0.417 e. The number of pyridine rings is 1. The fraction of sp³-hybridized carbons (Fsp3) is 0.143. The van der Waals surface area contributed by atoms with Gasteiger partial charge >= 0.3 is 6.18 Å². The van der Waals surface area contributed by atoms with Crippen LogP contribution in [0.15, 0.2) is 47.8 Å². The molecule has 1 aromatic heterocycles. The van der Waals surface area contributed by atoms with Gasteiger partial charge in [-0.15, -0.1) is 0 Å². The highest BCUT2D eigenvalue weighted by molar-refractivity contribution is 5.98. The van der Waals surface area contributed by atoms with Gasteiger partial charge in [-0.1, -0.05) is 5.16 Å². The molecule has 1 aromatic carbocycles. The maximum atomic E-state index is 12.4. The monoisotopic (exact) mass is 296 g/mol. The topological polar surface area (TPSA) is 54.7 Å². The van der Waals surface area contributed by atoms with E-state index in [1.165, 1.54) is 0 Å². The molecular weight excluding hydrogens is 285 g/mol. The van der Waals surface area contributed by atoms with Crippen molar-refractivity contribution in [3.8, 4) is 11.6 Å². The van der Waals surface area contributed by atoms with Gasteiger partial charge in [0.25, 0.3) is 0 Å². The molecule has 7 heteroatoms. The Kier molecular flexibility index (Phi) is 4.11. The van der Waals surface area contributed by atoms with Gasteiger partial charge in [-0.25, -0.2) is 4.98 Å². The first-order valence-electron chi connectivity index (χ1n) is 5.90. The minimum Gasteiger partial charge on any atom is -0.439 e. The summed E-state index contributed by atoms with van der Waals surface area (Å²) in [7, 11) is 0. The molecule has 0 atom stereocenters. The quantitative estimate of drug-likeness (QED) is 0.527. The lowest BCUT2D eigenvalue weighted by molar-refractivity contribution is -0.137. The van der Waals surface area contributed by atoms with E-state index in [1.54, 1.807) is 31.2 Å². The zero-order valence-corrected chi connectivity index (χ0v) is 10.9. The van der Waals surface area contributed by atoms with Crippen LogP contribution in [0.25, 0.3) is 0 Å². The Morgan fingerprint density at radius 1 is 1.14 bits per heavy atom. The lowest BCUT2D eigenvalue weighted by Gasteiger charge is -2.08. The summed E-state index contributed by atoms with van der Waals surface area (Å²) >= 11 is 0. The molecule has 21 heavy (non-hydrogen) atoms. The van der Waals surface area contributed by atoms with Crippen molar-refractivity contribution in [1.29, 1.82) is 0 Å². The lowest BCUT2D eigenvalue weighted by Crippen LogP contribution is -2.05. The molecule has 0 saturated heterocycles. The van der Waals surface area contributed by atoms with E-state index in [0.717, 1.165) is 12.1 Å². The van der Waals surface area contributed by atoms with Gasteiger partial charge in [-0.05, 0) is 42.8 Å². The molecule has 0 radical (unpaired) electrons.